The second-order valence-corrected chi connectivity index (χ2v) is 5.55. The predicted octanol–water partition coefficient (Wildman–Crippen LogP) is 4.69. The number of aromatic nitrogens is 1. The van der Waals surface area contributed by atoms with Crippen molar-refractivity contribution < 1.29 is 4.79 Å². The number of hydrogen-bond donors (Lipinski definition) is 3. The third-order valence-electron chi connectivity index (χ3n) is 3.11. The Morgan fingerprint density at radius 3 is 2.70 bits per heavy atom. The van der Waals surface area contributed by atoms with Crippen LogP contribution in [0.2, 0.25) is 10.0 Å². The van der Waals surface area contributed by atoms with E-state index in [1.165, 1.54) is 0 Å². The number of nitrogens with one attached hydrogen (secondary N) is 3. The summed E-state index contributed by atoms with van der Waals surface area (Å²) in [6.07, 6.45) is 1.62. The highest BCUT2D eigenvalue weighted by Crippen LogP contribution is 2.26. The van der Waals surface area contributed by atoms with Gasteiger partial charge in [0.1, 0.15) is 0 Å². The molecule has 0 saturated carbocycles. The Morgan fingerprint density at radius 2 is 1.87 bits per heavy atom. The quantitative estimate of drug-likeness (QED) is 0.602. The van der Waals surface area contributed by atoms with Gasteiger partial charge in [0.15, 0.2) is 0 Å². The molecule has 0 spiro atoms. The van der Waals surface area contributed by atoms with Gasteiger partial charge in [-0.3, -0.25) is 15.8 Å². The van der Waals surface area contributed by atoms with E-state index in [0.29, 0.717) is 26.9 Å². The van der Waals surface area contributed by atoms with Gasteiger partial charge in [0.05, 0.1) is 16.2 Å². The van der Waals surface area contributed by atoms with E-state index in [2.05, 4.69) is 21.2 Å². The van der Waals surface area contributed by atoms with Crippen LogP contribution in [0.15, 0.2) is 54.7 Å². The SMILES string of the molecule is O=C(NNc1ccnc2c(Cl)cccc12)Nc1cccc(Cl)c1. The van der Waals surface area contributed by atoms with Gasteiger partial charge in [-0.15, -0.1) is 0 Å². The number of urea groups is 1. The number of rotatable bonds is 3. The summed E-state index contributed by atoms with van der Waals surface area (Å²) in [5, 5.41) is 4.58. The molecule has 0 bridgehead atoms. The fourth-order valence-corrected chi connectivity index (χ4v) is 2.52. The minimum absolute atomic E-state index is 0.417. The van der Waals surface area contributed by atoms with Crippen LogP contribution in [0.3, 0.4) is 0 Å². The lowest BCUT2D eigenvalue weighted by Crippen LogP contribution is -2.33. The van der Waals surface area contributed by atoms with E-state index in [4.69, 9.17) is 23.2 Å². The first-order valence-electron chi connectivity index (χ1n) is 6.75. The van der Waals surface area contributed by atoms with Gasteiger partial charge in [-0.25, -0.2) is 4.79 Å². The number of benzene rings is 2. The molecule has 3 N–H and O–H groups in total. The molecule has 3 aromatic rings. The first-order chi connectivity index (χ1) is 11.1. The van der Waals surface area contributed by atoms with Gasteiger partial charge < -0.3 is 5.32 Å². The lowest BCUT2D eigenvalue weighted by Gasteiger charge is -2.12. The highest BCUT2D eigenvalue weighted by atomic mass is 35.5. The maximum Gasteiger partial charge on any atom is 0.337 e. The minimum Gasteiger partial charge on any atom is -0.307 e. The van der Waals surface area contributed by atoms with Gasteiger partial charge in [0, 0.05) is 22.3 Å². The molecule has 23 heavy (non-hydrogen) atoms. The van der Waals surface area contributed by atoms with Crippen LogP contribution in [0.1, 0.15) is 0 Å². The van der Waals surface area contributed by atoms with Gasteiger partial charge in [0.2, 0.25) is 0 Å². The molecule has 0 unspecified atom stereocenters. The van der Waals surface area contributed by atoms with Crippen LogP contribution in [0.5, 0.6) is 0 Å². The van der Waals surface area contributed by atoms with E-state index in [0.717, 1.165) is 5.39 Å². The van der Waals surface area contributed by atoms with Crippen LogP contribution in [0, 0.1) is 0 Å². The number of carbonyl (C=O) groups excluding carboxylic acids is 1. The largest absolute Gasteiger partial charge is 0.337 e. The molecule has 2 amide bonds. The Hall–Kier alpha value is -2.50. The Bertz CT molecular complexity index is 870. The average Bonchev–Trinajstić information content (AvgIpc) is 2.53. The summed E-state index contributed by atoms with van der Waals surface area (Å²) in [5.41, 5.74) is 7.37. The molecule has 2 aromatic carbocycles. The number of fused-ring (bicyclic) bond motifs is 1. The van der Waals surface area contributed by atoms with Crippen LogP contribution >= 0.6 is 23.2 Å². The Kier molecular flexibility index (Phi) is 4.50. The van der Waals surface area contributed by atoms with E-state index >= 15 is 0 Å². The van der Waals surface area contributed by atoms with Gasteiger partial charge in [0.25, 0.3) is 0 Å². The number of amides is 2. The highest BCUT2D eigenvalue weighted by molar-refractivity contribution is 6.35. The molecule has 7 heteroatoms. The van der Waals surface area contributed by atoms with Crippen LogP contribution < -0.4 is 16.2 Å². The Morgan fingerprint density at radius 1 is 1.04 bits per heavy atom. The zero-order valence-electron chi connectivity index (χ0n) is 11.8. The van der Waals surface area contributed by atoms with Crippen molar-refractivity contribution in [2.45, 2.75) is 0 Å². The zero-order chi connectivity index (χ0) is 16.2. The number of halogens is 2. The standard InChI is InChI=1S/C16H12Cl2N4O/c17-10-3-1-4-11(9-10)20-16(23)22-21-14-7-8-19-15-12(14)5-2-6-13(15)18/h1-9H,(H,19,21)(H2,20,22,23). The molecule has 0 atom stereocenters. The Balaban J connectivity index is 1.71. The fourth-order valence-electron chi connectivity index (χ4n) is 2.10. The van der Waals surface area contributed by atoms with Crippen molar-refractivity contribution in [2.24, 2.45) is 0 Å². The molecule has 1 aromatic heterocycles. The minimum atomic E-state index is -0.417. The first kappa shape index (κ1) is 15.4. The van der Waals surface area contributed by atoms with Gasteiger partial charge in [-0.05, 0) is 30.3 Å². The second-order valence-electron chi connectivity index (χ2n) is 4.71. The lowest BCUT2D eigenvalue weighted by molar-refractivity contribution is 0.254. The van der Waals surface area contributed by atoms with Crippen molar-refractivity contribution in [3.8, 4) is 0 Å². The number of anilines is 2. The average molecular weight is 347 g/mol. The Labute approximate surface area is 142 Å². The molecule has 116 valence electrons. The number of hydrogen-bond acceptors (Lipinski definition) is 3. The van der Waals surface area contributed by atoms with Crippen molar-refractivity contribution in [3.63, 3.8) is 0 Å². The molecule has 0 saturated heterocycles. The molecule has 1 heterocycles. The van der Waals surface area contributed by atoms with Crippen LogP contribution in [0.4, 0.5) is 16.2 Å². The molecule has 5 nitrogen and oxygen atoms in total. The summed E-state index contributed by atoms with van der Waals surface area (Å²) in [7, 11) is 0. The summed E-state index contributed by atoms with van der Waals surface area (Å²) in [5.74, 6) is 0. The molecule has 0 radical (unpaired) electrons. The smallest absolute Gasteiger partial charge is 0.307 e. The summed E-state index contributed by atoms with van der Waals surface area (Å²) < 4.78 is 0. The van der Waals surface area contributed by atoms with Crippen LogP contribution in [-0.2, 0) is 0 Å². The molecular weight excluding hydrogens is 335 g/mol. The van der Waals surface area contributed by atoms with E-state index < -0.39 is 6.03 Å². The van der Waals surface area contributed by atoms with Crippen molar-refractivity contribution in [3.05, 3.63) is 64.8 Å². The fraction of sp³-hybridized carbons (Fsp3) is 0. The van der Waals surface area contributed by atoms with Crippen LogP contribution in [-0.4, -0.2) is 11.0 Å². The summed E-state index contributed by atoms with van der Waals surface area (Å²) in [6, 6.07) is 13.7. The summed E-state index contributed by atoms with van der Waals surface area (Å²) in [6.45, 7) is 0. The van der Waals surface area contributed by atoms with E-state index in [1.54, 1.807) is 42.6 Å². The first-order valence-corrected chi connectivity index (χ1v) is 7.51. The van der Waals surface area contributed by atoms with Crippen molar-refractivity contribution in [1.82, 2.24) is 10.4 Å². The normalized spacial score (nSPS) is 10.3. The molecule has 0 aliphatic carbocycles. The molecule has 0 aliphatic rings. The molecule has 3 rings (SSSR count). The van der Waals surface area contributed by atoms with Crippen LogP contribution in [0.25, 0.3) is 10.9 Å². The zero-order valence-corrected chi connectivity index (χ0v) is 13.3. The molecule has 0 aliphatic heterocycles. The number of pyridine rings is 1. The third kappa shape index (κ3) is 3.64. The van der Waals surface area contributed by atoms with Crippen molar-refractivity contribution in [1.29, 1.82) is 0 Å². The number of carbonyl (C=O) groups is 1. The van der Waals surface area contributed by atoms with Crippen molar-refractivity contribution >= 4 is 51.5 Å². The summed E-state index contributed by atoms with van der Waals surface area (Å²) in [4.78, 5) is 16.2. The third-order valence-corrected chi connectivity index (χ3v) is 3.66. The highest BCUT2D eigenvalue weighted by Gasteiger charge is 2.06. The van der Waals surface area contributed by atoms with E-state index in [1.807, 2.05) is 12.1 Å². The van der Waals surface area contributed by atoms with Gasteiger partial charge in [-0.2, -0.15) is 0 Å². The van der Waals surface area contributed by atoms with E-state index in [-0.39, 0.29) is 0 Å². The van der Waals surface area contributed by atoms with Gasteiger partial charge >= 0.3 is 6.03 Å². The maximum atomic E-state index is 11.9. The van der Waals surface area contributed by atoms with E-state index in [9.17, 15) is 4.79 Å². The number of hydrazine groups is 1. The topological polar surface area (TPSA) is 66.0 Å². The maximum absolute atomic E-state index is 11.9. The monoisotopic (exact) mass is 346 g/mol. The lowest BCUT2D eigenvalue weighted by atomic mass is 10.2. The number of nitrogens with zero attached hydrogens (tertiary/aromatic N) is 1. The predicted molar refractivity (Wildman–Crippen MR) is 94.0 cm³/mol. The number of para-hydroxylation sites is 1. The van der Waals surface area contributed by atoms with Crippen molar-refractivity contribution in [2.75, 3.05) is 10.7 Å². The summed E-state index contributed by atoms with van der Waals surface area (Å²) >= 11 is 12.0. The molecular formula is C16H12Cl2N4O. The van der Waals surface area contributed by atoms with Gasteiger partial charge in [-0.1, -0.05) is 41.4 Å². The molecule has 0 fully saturated rings. The second kappa shape index (κ2) is 6.73.